The molecule has 1 aromatic rings. The fourth-order valence-corrected chi connectivity index (χ4v) is 6.13. The summed E-state index contributed by atoms with van der Waals surface area (Å²) in [6.07, 6.45) is 8.05. The maximum atomic E-state index is 12.9. The molecule has 2 aliphatic rings. The average Bonchev–Trinajstić information content (AvgIpc) is 2.70. The first-order valence-electron chi connectivity index (χ1n) is 9.73. The van der Waals surface area contributed by atoms with Crippen molar-refractivity contribution in [3.8, 4) is 0 Å². The van der Waals surface area contributed by atoms with Crippen LogP contribution in [0.15, 0.2) is 29.8 Å². The molecule has 5 nitrogen and oxygen atoms in total. The van der Waals surface area contributed by atoms with E-state index in [1.54, 1.807) is 18.2 Å². The molecule has 1 N–H and O–H groups in total. The minimum atomic E-state index is -3.61. The molecule has 0 aromatic heterocycles. The van der Waals surface area contributed by atoms with E-state index in [4.69, 9.17) is 23.2 Å². The topological polar surface area (TPSA) is 66.5 Å². The van der Waals surface area contributed by atoms with Gasteiger partial charge >= 0.3 is 0 Å². The first-order chi connectivity index (χ1) is 13.4. The van der Waals surface area contributed by atoms with Crippen LogP contribution in [0.4, 0.5) is 0 Å². The molecule has 1 aliphatic heterocycles. The zero-order valence-electron chi connectivity index (χ0n) is 15.8. The van der Waals surface area contributed by atoms with Gasteiger partial charge in [-0.1, -0.05) is 40.9 Å². The Morgan fingerprint density at radius 3 is 2.61 bits per heavy atom. The Labute approximate surface area is 177 Å². The zero-order valence-corrected chi connectivity index (χ0v) is 18.1. The number of sulfonamides is 1. The van der Waals surface area contributed by atoms with Crippen molar-refractivity contribution in [2.24, 2.45) is 5.92 Å². The standard InChI is InChI=1S/C20H26Cl2N2O3S/c21-18-9-4-10-19(22)17(18)14-28(26,27)24-11-5-8-16(13-24)20(25)23-12-15-6-2-1-3-7-15/h4,6,9-10,16H,1-3,5,7-8,11-14H2,(H,23,25)/t16-/m1/s1. The van der Waals surface area contributed by atoms with Crippen LogP contribution < -0.4 is 5.32 Å². The molecule has 1 aliphatic carbocycles. The maximum absolute atomic E-state index is 12.9. The minimum absolute atomic E-state index is 0.0675. The highest BCUT2D eigenvalue weighted by Gasteiger charge is 2.33. The summed E-state index contributed by atoms with van der Waals surface area (Å²) in [5.41, 5.74) is 1.68. The summed E-state index contributed by atoms with van der Waals surface area (Å²) < 4.78 is 27.2. The Hall–Kier alpha value is -1.08. The molecule has 1 heterocycles. The molecule has 154 valence electrons. The Morgan fingerprint density at radius 1 is 1.18 bits per heavy atom. The first kappa shape index (κ1) is 21.6. The number of piperidine rings is 1. The van der Waals surface area contributed by atoms with E-state index in [0.717, 1.165) is 12.8 Å². The molecule has 0 bridgehead atoms. The van der Waals surface area contributed by atoms with Crippen LogP contribution in [0.2, 0.25) is 10.0 Å². The summed E-state index contributed by atoms with van der Waals surface area (Å²) in [6, 6.07) is 4.94. The molecule has 0 spiro atoms. The van der Waals surface area contributed by atoms with Gasteiger partial charge in [0, 0.05) is 35.2 Å². The van der Waals surface area contributed by atoms with Crippen molar-refractivity contribution in [1.82, 2.24) is 9.62 Å². The van der Waals surface area contributed by atoms with Crippen LogP contribution in [0.25, 0.3) is 0 Å². The summed E-state index contributed by atoms with van der Waals surface area (Å²) in [5.74, 6) is -0.649. The molecule has 0 saturated carbocycles. The lowest BCUT2D eigenvalue weighted by atomic mass is 9.97. The van der Waals surface area contributed by atoms with Crippen LogP contribution in [0.3, 0.4) is 0 Å². The van der Waals surface area contributed by atoms with E-state index < -0.39 is 10.0 Å². The van der Waals surface area contributed by atoms with Crippen molar-refractivity contribution in [2.75, 3.05) is 19.6 Å². The molecular weight excluding hydrogens is 419 g/mol. The second-order valence-corrected chi connectivity index (χ2v) is 10.3. The van der Waals surface area contributed by atoms with E-state index in [1.165, 1.54) is 22.7 Å². The highest BCUT2D eigenvalue weighted by molar-refractivity contribution is 7.88. The molecule has 1 amide bonds. The summed E-state index contributed by atoms with van der Waals surface area (Å²) in [5, 5.41) is 3.66. The van der Waals surface area contributed by atoms with E-state index in [2.05, 4.69) is 11.4 Å². The third kappa shape index (κ3) is 5.50. The number of nitrogens with zero attached hydrogens (tertiary/aromatic N) is 1. The van der Waals surface area contributed by atoms with Crippen molar-refractivity contribution in [3.63, 3.8) is 0 Å². The number of rotatable bonds is 6. The lowest BCUT2D eigenvalue weighted by Crippen LogP contribution is -2.46. The number of amides is 1. The van der Waals surface area contributed by atoms with Crippen LogP contribution in [0, 0.1) is 5.92 Å². The summed E-state index contributed by atoms with van der Waals surface area (Å²) in [4.78, 5) is 12.6. The molecule has 1 atom stereocenters. The van der Waals surface area contributed by atoms with Gasteiger partial charge < -0.3 is 5.32 Å². The number of carbonyl (C=O) groups excluding carboxylic acids is 1. The number of benzene rings is 1. The highest BCUT2D eigenvalue weighted by atomic mass is 35.5. The number of allylic oxidation sites excluding steroid dienone is 1. The van der Waals surface area contributed by atoms with Crippen molar-refractivity contribution in [3.05, 3.63) is 45.5 Å². The minimum Gasteiger partial charge on any atom is -0.352 e. The Bertz CT molecular complexity index is 835. The summed E-state index contributed by atoms with van der Waals surface area (Å²) in [6.45, 7) is 1.19. The SMILES string of the molecule is O=C(NCC1=CCCCC1)[C@@H]1CCCN(S(=O)(=O)Cc2c(Cl)cccc2Cl)C1. The van der Waals surface area contributed by atoms with Crippen LogP contribution in [-0.4, -0.2) is 38.3 Å². The smallest absolute Gasteiger partial charge is 0.224 e. The normalized spacial score (nSPS) is 21.2. The van der Waals surface area contributed by atoms with E-state index in [-0.39, 0.29) is 24.1 Å². The fourth-order valence-electron chi connectivity index (χ4n) is 3.76. The largest absolute Gasteiger partial charge is 0.352 e. The van der Waals surface area contributed by atoms with Gasteiger partial charge in [0.05, 0.1) is 11.7 Å². The predicted octanol–water partition coefficient (Wildman–Crippen LogP) is 4.15. The molecule has 8 heteroatoms. The lowest BCUT2D eigenvalue weighted by Gasteiger charge is -2.31. The number of hydrogen-bond acceptors (Lipinski definition) is 3. The van der Waals surface area contributed by atoms with E-state index >= 15 is 0 Å². The first-order valence-corrected chi connectivity index (χ1v) is 12.1. The van der Waals surface area contributed by atoms with Crippen LogP contribution in [-0.2, 0) is 20.6 Å². The van der Waals surface area contributed by atoms with Crippen LogP contribution in [0.1, 0.15) is 44.1 Å². The fraction of sp³-hybridized carbons (Fsp3) is 0.550. The third-order valence-corrected chi connectivity index (χ3v) is 7.89. The molecule has 0 radical (unpaired) electrons. The van der Waals surface area contributed by atoms with Gasteiger partial charge in [-0.25, -0.2) is 12.7 Å². The monoisotopic (exact) mass is 444 g/mol. The van der Waals surface area contributed by atoms with Gasteiger partial charge in [0.2, 0.25) is 15.9 Å². The number of halogens is 2. The average molecular weight is 445 g/mol. The van der Waals surface area contributed by atoms with Crippen LogP contribution in [0.5, 0.6) is 0 Å². The van der Waals surface area contributed by atoms with Crippen molar-refractivity contribution < 1.29 is 13.2 Å². The Balaban J connectivity index is 1.61. The molecule has 1 saturated heterocycles. The van der Waals surface area contributed by atoms with Crippen molar-refractivity contribution in [2.45, 2.75) is 44.3 Å². The van der Waals surface area contributed by atoms with Gasteiger partial charge in [-0.3, -0.25) is 4.79 Å². The molecule has 3 rings (SSSR count). The third-order valence-electron chi connectivity index (χ3n) is 5.41. The Kier molecular flexibility index (Phi) is 7.42. The van der Waals surface area contributed by atoms with E-state index in [1.807, 2.05) is 0 Å². The van der Waals surface area contributed by atoms with Gasteiger partial charge in [0.15, 0.2) is 0 Å². The summed E-state index contributed by atoms with van der Waals surface area (Å²) in [7, 11) is -3.61. The molecule has 1 aromatic carbocycles. The molecule has 1 fully saturated rings. The van der Waals surface area contributed by atoms with Gasteiger partial charge in [-0.2, -0.15) is 0 Å². The maximum Gasteiger partial charge on any atom is 0.224 e. The van der Waals surface area contributed by atoms with Gasteiger partial charge in [0.25, 0.3) is 0 Å². The van der Waals surface area contributed by atoms with Gasteiger partial charge in [-0.05, 0) is 50.7 Å². The second kappa shape index (κ2) is 9.61. The van der Waals surface area contributed by atoms with E-state index in [0.29, 0.717) is 41.5 Å². The highest BCUT2D eigenvalue weighted by Crippen LogP contribution is 2.29. The quantitative estimate of drug-likeness (QED) is 0.669. The van der Waals surface area contributed by atoms with Crippen LogP contribution >= 0.6 is 23.2 Å². The second-order valence-electron chi connectivity index (χ2n) is 7.48. The molecule has 28 heavy (non-hydrogen) atoms. The van der Waals surface area contributed by atoms with Crippen molar-refractivity contribution >= 4 is 39.1 Å². The molecule has 0 unspecified atom stereocenters. The predicted molar refractivity (Wildman–Crippen MR) is 113 cm³/mol. The van der Waals surface area contributed by atoms with Gasteiger partial charge in [0.1, 0.15) is 0 Å². The number of carbonyl (C=O) groups is 1. The Morgan fingerprint density at radius 2 is 1.93 bits per heavy atom. The molecular formula is C20H26Cl2N2O3S. The van der Waals surface area contributed by atoms with E-state index in [9.17, 15) is 13.2 Å². The number of nitrogens with one attached hydrogen (secondary N) is 1. The van der Waals surface area contributed by atoms with Gasteiger partial charge in [-0.15, -0.1) is 0 Å². The summed E-state index contributed by atoms with van der Waals surface area (Å²) >= 11 is 12.3. The zero-order chi connectivity index (χ0) is 20.1. The lowest BCUT2D eigenvalue weighted by molar-refractivity contribution is -0.125. The number of hydrogen-bond donors (Lipinski definition) is 1. The van der Waals surface area contributed by atoms with Crippen molar-refractivity contribution in [1.29, 1.82) is 0 Å².